The van der Waals surface area contributed by atoms with Gasteiger partial charge in [0, 0.05) is 18.6 Å². The Bertz CT molecular complexity index is 418. The number of hydrogen-bond acceptors (Lipinski definition) is 6. The molecule has 0 saturated heterocycles. The van der Waals surface area contributed by atoms with Gasteiger partial charge in [-0.05, 0) is 12.0 Å². The smallest absolute Gasteiger partial charge is 0.303 e. The van der Waals surface area contributed by atoms with E-state index < -0.39 is 33.5 Å². The summed E-state index contributed by atoms with van der Waals surface area (Å²) in [7, 11) is 0. The fraction of sp³-hybridized carbons (Fsp3) is 0.222. The highest BCUT2D eigenvalue weighted by Gasteiger charge is 2.20. The first kappa shape index (κ1) is 14.3. The summed E-state index contributed by atoms with van der Waals surface area (Å²) in [5.41, 5.74) is -0.893. The van der Waals surface area contributed by atoms with Crippen LogP contribution in [0, 0.1) is 10.4 Å². The molecule has 2 unspecified atom stereocenters. The Hall–Kier alpha value is -1.75. The molecule has 0 heterocycles. The van der Waals surface area contributed by atoms with Gasteiger partial charge >= 0.3 is 5.97 Å². The van der Waals surface area contributed by atoms with Crippen LogP contribution in [0.2, 0.25) is 0 Å². The minimum Gasteiger partial charge on any atom is -0.595 e. The minimum atomic E-state index is -1.48. The van der Waals surface area contributed by atoms with Gasteiger partial charge in [-0.25, -0.2) is 10.4 Å². The van der Waals surface area contributed by atoms with Gasteiger partial charge < -0.3 is 20.6 Å². The fourth-order valence-corrected chi connectivity index (χ4v) is 1.42. The van der Waals surface area contributed by atoms with Gasteiger partial charge in [0.1, 0.15) is 0 Å². The van der Waals surface area contributed by atoms with Gasteiger partial charge in [0.25, 0.3) is 0 Å². The number of carboxylic acids is 1. The van der Waals surface area contributed by atoms with E-state index in [1.54, 1.807) is 0 Å². The highest BCUT2D eigenvalue weighted by Crippen LogP contribution is 2.28. The molecular weight excluding hydrogens is 248 g/mol. The Kier molecular flexibility index (Phi) is 4.55. The maximum Gasteiger partial charge on any atom is 0.303 e. The van der Waals surface area contributed by atoms with Crippen LogP contribution in [-0.2, 0) is 11.2 Å². The van der Waals surface area contributed by atoms with Crippen molar-refractivity contribution in [2.24, 2.45) is 0 Å². The van der Waals surface area contributed by atoms with Crippen molar-refractivity contribution in [3.8, 4) is 5.75 Å². The molecule has 0 bridgehead atoms. The molecule has 9 nitrogen and oxygen atoms in total. The highest BCUT2D eigenvalue weighted by atomic mass is 16.8. The molecule has 0 saturated carbocycles. The molecule has 0 amide bonds. The van der Waals surface area contributed by atoms with E-state index in [-0.39, 0.29) is 18.4 Å². The Morgan fingerprint density at radius 3 is 1.94 bits per heavy atom. The zero-order chi connectivity index (χ0) is 13.9. The van der Waals surface area contributed by atoms with Crippen LogP contribution in [0.15, 0.2) is 12.1 Å². The second kappa shape index (κ2) is 5.73. The molecular formula is C9H12N2O7. The Morgan fingerprint density at radius 2 is 1.61 bits per heavy atom. The molecule has 100 valence electrons. The highest BCUT2D eigenvalue weighted by molar-refractivity contribution is 5.67. The third-order valence-electron chi connectivity index (χ3n) is 2.26. The third-order valence-corrected chi connectivity index (χ3v) is 2.26. The van der Waals surface area contributed by atoms with Gasteiger partial charge in [-0.15, -0.1) is 0 Å². The van der Waals surface area contributed by atoms with E-state index >= 15 is 0 Å². The van der Waals surface area contributed by atoms with E-state index in [0.29, 0.717) is 0 Å². The van der Waals surface area contributed by atoms with Gasteiger partial charge in [-0.2, -0.15) is 10.5 Å². The summed E-state index contributed by atoms with van der Waals surface area (Å²) in [4.78, 5) is 10.4. The van der Waals surface area contributed by atoms with Crippen LogP contribution >= 0.6 is 0 Å². The van der Waals surface area contributed by atoms with Gasteiger partial charge in [0.2, 0.25) is 17.1 Å². The molecule has 1 aromatic carbocycles. The molecule has 0 fully saturated rings. The number of nitrogens with one attached hydrogen (secondary N) is 2. The topological polar surface area (TPSA) is 153 Å². The Morgan fingerprint density at radius 1 is 1.17 bits per heavy atom. The van der Waals surface area contributed by atoms with Crippen LogP contribution in [0.4, 0.5) is 11.4 Å². The monoisotopic (exact) mass is 260 g/mol. The van der Waals surface area contributed by atoms with Gasteiger partial charge in [0.05, 0.1) is 0 Å². The fourth-order valence-electron chi connectivity index (χ4n) is 1.42. The summed E-state index contributed by atoms with van der Waals surface area (Å²) in [5, 5.41) is 54.2. The van der Waals surface area contributed by atoms with Crippen LogP contribution in [-0.4, -0.2) is 26.6 Å². The maximum atomic E-state index is 10.8. The SMILES string of the molecule is O=C(O)CCc1cc([NH+]([O-])O)c(O)c([NH+]([O-])O)c1. The third kappa shape index (κ3) is 3.37. The van der Waals surface area contributed by atoms with Crippen molar-refractivity contribution in [3.63, 3.8) is 0 Å². The first-order chi connectivity index (χ1) is 8.32. The van der Waals surface area contributed by atoms with E-state index in [1.807, 2.05) is 0 Å². The lowest BCUT2D eigenvalue weighted by Gasteiger charge is -2.18. The molecule has 1 aromatic rings. The standard InChI is InChI=1S/C9H12N2O7/c12-8(13)2-1-5-3-6(10(15)16)9(14)7(4-5)11(17)18/h3-4,10-11,14-15,17H,1-2H2,(H,12,13). The number of aliphatic carboxylic acids is 1. The van der Waals surface area contributed by atoms with Crippen molar-refractivity contribution in [1.82, 2.24) is 0 Å². The maximum absolute atomic E-state index is 10.8. The van der Waals surface area contributed by atoms with Crippen LogP contribution in [0.3, 0.4) is 0 Å². The molecule has 0 aliphatic heterocycles. The first-order valence-electron chi connectivity index (χ1n) is 4.87. The second-order valence-corrected chi connectivity index (χ2v) is 3.54. The quantitative estimate of drug-likeness (QED) is 0.270. The number of benzene rings is 1. The minimum absolute atomic E-state index is 0.0177. The number of carboxylic acid groups (broad SMARTS) is 1. The molecule has 2 atom stereocenters. The molecule has 0 aliphatic rings. The number of phenolic OH excluding ortho intramolecular Hbond substituents is 1. The summed E-state index contributed by atoms with van der Waals surface area (Å²) in [6.07, 6.45) is -0.279. The number of carbonyl (C=O) groups is 1. The Labute approximate surface area is 101 Å². The van der Waals surface area contributed by atoms with Crippen LogP contribution in [0.1, 0.15) is 12.0 Å². The van der Waals surface area contributed by atoms with Crippen LogP contribution in [0.5, 0.6) is 5.75 Å². The van der Waals surface area contributed by atoms with Crippen molar-refractivity contribution in [1.29, 1.82) is 0 Å². The Balaban J connectivity index is 3.16. The molecule has 0 spiro atoms. The van der Waals surface area contributed by atoms with Crippen molar-refractivity contribution in [2.45, 2.75) is 12.8 Å². The summed E-state index contributed by atoms with van der Waals surface area (Å²) < 4.78 is 0. The van der Waals surface area contributed by atoms with E-state index in [9.17, 15) is 20.3 Å². The zero-order valence-corrected chi connectivity index (χ0v) is 9.08. The van der Waals surface area contributed by atoms with E-state index in [2.05, 4.69) is 0 Å². The predicted octanol–water partition coefficient (Wildman–Crippen LogP) is -1.78. The predicted molar refractivity (Wildman–Crippen MR) is 55.6 cm³/mol. The van der Waals surface area contributed by atoms with Gasteiger partial charge in [-0.3, -0.25) is 4.79 Å². The van der Waals surface area contributed by atoms with Gasteiger partial charge in [-0.1, -0.05) is 0 Å². The molecule has 9 heteroatoms. The number of aromatic hydroxyl groups is 1. The number of hydrogen-bond donors (Lipinski definition) is 6. The number of quaternary nitrogens is 2. The summed E-state index contributed by atoms with van der Waals surface area (Å²) in [6, 6.07) is 2.13. The van der Waals surface area contributed by atoms with E-state index in [0.717, 1.165) is 12.1 Å². The lowest BCUT2D eigenvalue weighted by molar-refractivity contribution is -0.996. The van der Waals surface area contributed by atoms with Crippen molar-refractivity contribution in [2.75, 3.05) is 0 Å². The number of aryl methyl sites for hydroxylation is 1. The summed E-state index contributed by atoms with van der Waals surface area (Å²) in [6.45, 7) is 0. The van der Waals surface area contributed by atoms with Crippen LogP contribution < -0.4 is 10.5 Å². The average molecular weight is 260 g/mol. The molecule has 0 aliphatic carbocycles. The van der Waals surface area contributed by atoms with Crippen molar-refractivity contribution in [3.05, 3.63) is 28.1 Å². The van der Waals surface area contributed by atoms with Crippen molar-refractivity contribution < 1.29 is 35.9 Å². The lowest BCUT2D eigenvalue weighted by atomic mass is 10.1. The van der Waals surface area contributed by atoms with E-state index in [1.165, 1.54) is 0 Å². The number of phenols is 1. The second-order valence-electron chi connectivity index (χ2n) is 3.54. The van der Waals surface area contributed by atoms with Crippen LogP contribution in [0.25, 0.3) is 0 Å². The molecule has 0 aromatic heterocycles. The van der Waals surface area contributed by atoms with Crippen molar-refractivity contribution >= 4 is 17.3 Å². The normalized spacial score (nSPS) is 14.2. The largest absolute Gasteiger partial charge is 0.595 e. The average Bonchev–Trinajstić information content (AvgIpc) is 2.26. The first-order valence-corrected chi connectivity index (χ1v) is 4.87. The van der Waals surface area contributed by atoms with Gasteiger partial charge in [0.15, 0.2) is 0 Å². The molecule has 6 N–H and O–H groups in total. The number of rotatable bonds is 5. The molecule has 1 rings (SSSR count). The zero-order valence-electron chi connectivity index (χ0n) is 9.08. The summed E-state index contributed by atoms with van der Waals surface area (Å²) >= 11 is 0. The lowest BCUT2D eigenvalue weighted by Crippen LogP contribution is -3.00. The summed E-state index contributed by atoms with van der Waals surface area (Å²) in [5.74, 6) is -1.93. The molecule has 18 heavy (non-hydrogen) atoms. The molecule has 0 radical (unpaired) electrons. The van der Waals surface area contributed by atoms with E-state index in [4.69, 9.17) is 15.5 Å².